The fraction of sp³-hybridized carbons (Fsp3) is 0.549. The average Bonchev–Trinajstić information content (AvgIpc) is 3.98. The van der Waals surface area contributed by atoms with Crippen molar-refractivity contribution in [3.05, 3.63) is 65.0 Å². The molecule has 1 unspecified atom stereocenters. The molecule has 15 nitrogen and oxygen atoms in total. The molecule has 1 N–H and O–H groups in total. The summed E-state index contributed by atoms with van der Waals surface area (Å²) >= 11 is 0. The Labute approximate surface area is 385 Å². The first-order valence-electron chi connectivity index (χ1n) is 24.4. The number of aromatic nitrogens is 2. The predicted molar refractivity (Wildman–Crippen MR) is 243 cm³/mol. The molecule has 2 atom stereocenters. The quantitative estimate of drug-likeness (QED) is 0.239. The zero-order valence-corrected chi connectivity index (χ0v) is 37.7. The molecule has 15 heteroatoms. The van der Waals surface area contributed by atoms with Crippen LogP contribution in [0, 0.1) is 23.7 Å². The number of fused-ring (bicyclic) bond motifs is 2. The van der Waals surface area contributed by atoms with Crippen LogP contribution in [0.1, 0.15) is 122 Å². The molecule has 1 aromatic heterocycles. The highest BCUT2D eigenvalue weighted by molar-refractivity contribution is 6.23. The number of carbonyl (C=O) groups excluding carboxylic acids is 6. The number of rotatable bonds is 9. The third-order valence-electron chi connectivity index (χ3n) is 15.6. The van der Waals surface area contributed by atoms with Crippen molar-refractivity contribution in [2.45, 2.75) is 121 Å². The summed E-state index contributed by atoms with van der Waals surface area (Å²) in [7, 11) is 0. The first kappa shape index (κ1) is 42.8. The number of nitrogens with one attached hydrogen (secondary N) is 1. The van der Waals surface area contributed by atoms with Crippen molar-refractivity contribution >= 4 is 41.1 Å². The van der Waals surface area contributed by atoms with E-state index in [9.17, 15) is 28.8 Å². The molecule has 11 rings (SSSR count). The molecule has 2 aromatic carbocycles. The van der Waals surface area contributed by atoms with Gasteiger partial charge in [0.05, 0.1) is 41.7 Å². The third-order valence-corrected chi connectivity index (χ3v) is 15.6. The van der Waals surface area contributed by atoms with Crippen LogP contribution < -0.4 is 15.0 Å². The number of likely N-dealkylation sites (tertiary alicyclic amines) is 3. The van der Waals surface area contributed by atoms with Crippen molar-refractivity contribution in [2.24, 2.45) is 11.8 Å². The summed E-state index contributed by atoms with van der Waals surface area (Å²) < 4.78 is 8.85. The lowest BCUT2D eigenvalue weighted by atomic mass is 9.91. The van der Waals surface area contributed by atoms with Crippen LogP contribution in [0.2, 0.25) is 0 Å². The van der Waals surface area contributed by atoms with Gasteiger partial charge in [0.25, 0.3) is 11.8 Å². The zero-order chi connectivity index (χ0) is 45.2. The number of hydrogen-bond acceptors (Lipinski definition) is 10. The largest absolute Gasteiger partial charge is 0.489 e. The summed E-state index contributed by atoms with van der Waals surface area (Å²) in [6.45, 7) is 7.56. The summed E-state index contributed by atoms with van der Waals surface area (Å²) in [5, 5.41) is 7.09. The van der Waals surface area contributed by atoms with Gasteiger partial charge in [-0.3, -0.25) is 53.5 Å². The smallest absolute Gasteiger partial charge is 0.262 e. The molecule has 7 heterocycles. The Hall–Kier alpha value is -5.85. The molecule has 0 radical (unpaired) electrons. The first-order valence-corrected chi connectivity index (χ1v) is 24.4. The van der Waals surface area contributed by atoms with E-state index < -0.39 is 29.7 Å². The topological polar surface area (TPSA) is 158 Å². The fourth-order valence-electron chi connectivity index (χ4n) is 11.1. The second-order valence-electron chi connectivity index (χ2n) is 19.9. The molecule has 8 aliphatic rings. The van der Waals surface area contributed by atoms with Crippen LogP contribution >= 0.6 is 0 Å². The number of piperidine rings is 3. The molecule has 66 heavy (non-hydrogen) atoms. The number of nitrogens with zero attached hydrogens (tertiary/aromatic N) is 7. The Morgan fingerprint density at radius 1 is 0.818 bits per heavy atom. The number of hydrogen-bond donors (Lipinski definition) is 1. The van der Waals surface area contributed by atoms with E-state index in [1.807, 2.05) is 11.1 Å². The second kappa shape index (κ2) is 17.4. The molecule has 344 valence electrons. The van der Waals surface area contributed by atoms with E-state index in [1.165, 1.54) is 6.42 Å². The number of ether oxygens (including phenoxy) is 1. The van der Waals surface area contributed by atoms with Crippen LogP contribution in [0.4, 0.5) is 5.69 Å². The van der Waals surface area contributed by atoms with Crippen molar-refractivity contribution in [2.75, 3.05) is 50.7 Å². The van der Waals surface area contributed by atoms with Crippen LogP contribution in [-0.4, -0.2) is 135 Å². The van der Waals surface area contributed by atoms with E-state index in [-0.39, 0.29) is 65.8 Å². The molecule has 2 aliphatic carbocycles. The minimum absolute atomic E-state index is 0.0789. The SMILES string of the molecule is C[C@H]1CCc2c(ccc(-c3cnn(C4CCN(C(=O)CN5CCC(N6CC(C#Cc7ccc8c(c7)C(=O)N(C7CCC(=O)NC7=O)C8=O)C6)CC5)CC4)c3)c2OC2CCC2)N1C(=O)C1CC1. The minimum atomic E-state index is -0.993. The van der Waals surface area contributed by atoms with Crippen molar-refractivity contribution in [1.82, 2.24) is 34.7 Å². The molecule has 2 saturated carbocycles. The highest BCUT2D eigenvalue weighted by atomic mass is 16.5. The molecule has 6 amide bonds. The number of amides is 6. The zero-order valence-electron chi connectivity index (χ0n) is 37.7. The maximum atomic E-state index is 13.6. The van der Waals surface area contributed by atoms with Gasteiger partial charge in [-0.05, 0) is 114 Å². The lowest BCUT2D eigenvalue weighted by Gasteiger charge is -2.45. The van der Waals surface area contributed by atoms with Gasteiger partial charge in [-0.2, -0.15) is 5.10 Å². The van der Waals surface area contributed by atoms with Gasteiger partial charge in [0.1, 0.15) is 11.8 Å². The summed E-state index contributed by atoms with van der Waals surface area (Å²) in [5.41, 5.74) is 5.39. The lowest BCUT2D eigenvalue weighted by molar-refractivity contribution is -0.136. The van der Waals surface area contributed by atoms with Crippen molar-refractivity contribution in [3.8, 4) is 28.7 Å². The Bertz CT molecular complexity index is 2550. The number of benzene rings is 2. The monoisotopic (exact) mass is 894 g/mol. The van der Waals surface area contributed by atoms with E-state index in [1.54, 1.807) is 18.2 Å². The highest BCUT2D eigenvalue weighted by Crippen LogP contribution is 2.46. The first-order chi connectivity index (χ1) is 32.1. The average molecular weight is 895 g/mol. The molecule has 0 bridgehead atoms. The number of imide groups is 2. The maximum absolute atomic E-state index is 13.6. The van der Waals surface area contributed by atoms with E-state index >= 15 is 0 Å². The van der Waals surface area contributed by atoms with Crippen LogP contribution in [-0.2, 0) is 25.6 Å². The van der Waals surface area contributed by atoms with E-state index in [4.69, 9.17) is 9.84 Å². The summed E-state index contributed by atoms with van der Waals surface area (Å²) in [6.07, 6.45) is 15.4. The standard InChI is InChI=1S/C51H58N8O7/c1-31-5-11-41-43(58(31)49(63)34-9-10-34)14-13-39(47(41)66-38-3-2-4-38)35-26-52-57(29-35)37-19-23-55(24-20-37)46(61)30-54-21-17-36(18-22-54)56-27-33(28-56)7-6-32-8-12-40-42(25-32)51(65)59(50(40)64)44-15-16-45(60)53-48(44)62/h8,12-14,25-26,29,31,33-34,36-38,44H,2-5,9-11,15-24,27-28,30H2,1H3,(H,53,60,62)/t31-,44?/m0/s1. The second-order valence-corrected chi connectivity index (χ2v) is 19.9. The Morgan fingerprint density at radius 3 is 2.29 bits per heavy atom. The van der Waals surface area contributed by atoms with E-state index in [0.717, 1.165) is 123 Å². The Morgan fingerprint density at radius 2 is 1.56 bits per heavy atom. The van der Waals surface area contributed by atoms with Gasteiger partial charge in [-0.25, -0.2) is 0 Å². The molecule has 6 fully saturated rings. The van der Waals surface area contributed by atoms with Crippen molar-refractivity contribution in [3.63, 3.8) is 0 Å². The van der Waals surface area contributed by atoms with Gasteiger partial charge in [-0.1, -0.05) is 11.8 Å². The van der Waals surface area contributed by atoms with Gasteiger partial charge < -0.3 is 14.5 Å². The van der Waals surface area contributed by atoms with Crippen LogP contribution in [0.5, 0.6) is 5.75 Å². The van der Waals surface area contributed by atoms with Gasteiger partial charge >= 0.3 is 0 Å². The van der Waals surface area contributed by atoms with E-state index in [2.05, 4.69) is 61.8 Å². The highest BCUT2D eigenvalue weighted by Gasteiger charge is 2.45. The van der Waals surface area contributed by atoms with E-state index in [0.29, 0.717) is 31.2 Å². The van der Waals surface area contributed by atoms with Crippen LogP contribution in [0.3, 0.4) is 0 Å². The molecule has 0 spiro atoms. The van der Waals surface area contributed by atoms with Crippen LogP contribution in [0.15, 0.2) is 42.7 Å². The molecular formula is C51H58N8O7. The van der Waals surface area contributed by atoms with Gasteiger partial charge in [-0.15, -0.1) is 0 Å². The Kier molecular flexibility index (Phi) is 11.3. The number of anilines is 1. The molecule has 6 aliphatic heterocycles. The number of carbonyl (C=O) groups is 6. The maximum Gasteiger partial charge on any atom is 0.262 e. The molecular weight excluding hydrogens is 837 g/mol. The van der Waals surface area contributed by atoms with Crippen molar-refractivity contribution in [1.29, 1.82) is 0 Å². The molecule has 3 aromatic rings. The fourth-order valence-corrected chi connectivity index (χ4v) is 11.1. The molecule has 4 saturated heterocycles. The van der Waals surface area contributed by atoms with Crippen molar-refractivity contribution < 1.29 is 33.5 Å². The van der Waals surface area contributed by atoms with Gasteiger partial charge in [0.2, 0.25) is 23.6 Å². The summed E-state index contributed by atoms with van der Waals surface area (Å²) in [6, 6.07) is 9.10. The summed E-state index contributed by atoms with van der Waals surface area (Å²) in [4.78, 5) is 87.1. The third kappa shape index (κ3) is 8.10. The lowest BCUT2D eigenvalue weighted by Crippen LogP contribution is -2.55. The summed E-state index contributed by atoms with van der Waals surface area (Å²) in [5.74, 6) is 6.23. The van der Waals surface area contributed by atoms with Crippen LogP contribution in [0.25, 0.3) is 11.1 Å². The van der Waals surface area contributed by atoms with Gasteiger partial charge in [0.15, 0.2) is 0 Å². The predicted octanol–water partition coefficient (Wildman–Crippen LogP) is 4.57. The van der Waals surface area contributed by atoms with Gasteiger partial charge in [0, 0.05) is 98.1 Å². The Balaban J connectivity index is 0.641. The normalized spacial score (nSPS) is 24.6. The minimum Gasteiger partial charge on any atom is -0.489 e.